The summed E-state index contributed by atoms with van der Waals surface area (Å²) < 4.78 is 20.0. The zero-order valence-corrected chi connectivity index (χ0v) is 12.1. The SMILES string of the molecule is C.C.C.C=C(C)C(=O)OCCOCCOCCOC(=O)C(=C)C. The Morgan fingerprint density at radius 1 is 0.652 bits per heavy atom. The van der Waals surface area contributed by atoms with Crippen LogP contribution in [0.5, 0.6) is 0 Å². The highest BCUT2D eigenvalue weighted by Gasteiger charge is 2.03. The fraction of sp³-hybridized carbons (Fsp3) is 0.647. The second-order valence-corrected chi connectivity index (χ2v) is 4.06. The zero-order chi connectivity index (χ0) is 15.4. The van der Waals surface area contributed by atoms with E-state index in [4.69, 9.17) is 18.9 Å². The maximum absolute atomic E-state index is 11.0. The lowest BCUT2D eigenvalue weighted by molar-refractivity contribution is -0.142. The number of ether oxygens (including phenoxy) is 4. The van der Waals surface area contributed by atoms with Crippen LogP contribution < -0.4 is 0 Å². The monoisotopic (exact) mass is 334 g/mol. The van der Waals surface area contributed by atoms with Crippen LogP contribution in [0.1, 0.15) is 36.1 Å². The molecule has 0 aromatic heterocycles. The minimum Gasteiger partial charge on any atom is -0.460 e. The molecule has 0 saturated heterocycles. The molecule has 0 radical (unpaired) electrons. The molecule has 0 aromatic rings. The van der Waals surface area contributed by atoms with Crippen molar-refractivity contribution in [3.63, 3.8) is 0 Å². The summed E-state index contributed by atoms with van der Waals surface area (Å²) in [6, 6.07) is 0. The topological polar surface area (TPSA) is 71.1 Å². The number of rotatable bonds is 11. The van der Waals surface area contributed by atoms with Crippen molar-refractivity contribution in [3.8, 4) is 0 Å². The summed E-state index contributed by atoms with van der Waals surface area (Å²) in [5, 5.41) is 0. The Morgan fingerprint density at radius 2 is 0.913 bits per heavy atom. The highest BCUT2D eigenvalue weighted by atomic mass is 16.6. The molecular formula is C17H34O6. The van der Waals surface area contributed by atoms with Crippen molar-refractivity contribution in [1.82, 2.24) is 0 Å². The molecule has 0 atom stereocenters. The first-order valence-corrected chi connectivity index (χ1v) is 6.26. The second-order valence-electron chi connectivity index (χ2n) is 4.06. The van der Waals surface area contributed by atoms with Gasteiger partial charge in [-0.05, 0) is 13.8 Å². The van der Waals surface area contributed by atoms with Crippen LogP contribution in [0.3, 0.4) is 0 Å². The summed E-state index contributed by atoms with van der Waals surface area (Å²) in [5.74, 6) is -0.853. The number of hydrogen-bond donors (Lipinski definition) is 0. The minimum atomic E-state index is -0.427. The first-order chi connectivity index (χ1) is 9.45. The Kier molecular flexibility index (Phi) is 23.5. The third-order valence-corrected chi connectivity index (χ3v) is 1.99. The van der Waals surface area contributed by atoms with Gasteiger partial charge in [-0.25, -0.2) is 9.59 Å². The van der Waals surface area contributed by atoms with Crippen molar-refractivity contribution in [2.24, 2.45) is 0 Å². The first kappa shape index (κ1) is 29.4. The number of carbonyl (C=O) groups is 2. The highest BCUT2D eigenvalue weighted by molar-refractivity contribution is 5.87. The Bertz CT molecular complexity index is 315. The van der Waals surface area contributed by atoms with E-state index in [-0.39, 0.29) is 35.5 Å². The zero-order valence-electron chi connectivity index (χ0n) is 12.1. The van der Waals surface area contributed by atoms with Crippen LogP contribution >= 0.6 is 0 Å². The summed E-state index contributed by atoms with van der Waals surface area (Å²) in [5.41, 5.74) is 0.718. The van der Waals surface area contributed by atoms with Gasteiger partial charge in [0.05, 0.1) is 26.4 Å². The van der Waals surface area contributed by atoms with Gasteiger partial charge in [0.2, 0.25) is 0 Å². The van der Waals surface area contributed by atoms with E-state index in [2.05, 4.69) is 13.2 Å². The van der Waals surface area contributed by atoms with Crippen molar-refractivity contribution in [2.75, 3.05) is 39.6 Å². The normalized spacial score (nSPS) is 8.61. The van der Waals surface area contributed by atoms with E-state index in [1.165, 1.54) is 0 Å². The van der Waals surface area contributed by atoms with Crippen molar-refractivity contribution in [2.45, 2.75) is 36.1 Å². The molecule has 0 aliphatic rings. The van der Waals surface area contributed by atoms with Gasteiger partial charge in [-0.3, -0.25) is 0 Å². The van der Waals surface area contributed by atoms with E-state index in [1.54, 1.807) is 13.8 Å². The number of carbonyl (C=O) groups excluding carboxylic acids is 2. The lowest BCUT2D eigenvalue weighted by Crippen LogP contribution is -2.15. The van der Waals surface area contributed by atoms with Gasteiger partial charge in [0, 0.05) is 11.1 Å². The average molecular weight is 334 g/mol. The van der Waals surface area contributed by atoms with Gasteiger partial charge >= 0.3 is 11.9 Å². The smallest absolute Gasteiger partial charge is 0.333 e. The molecule has 0 aliphatic carbocycles. The predicted octanol–water partition coefficient (Wildman–Crippen LogP) is 3.17. The molecule has 0 aromatic carbocycles. The van der Waals surface area contributed by atoms with Crippen LogP contribution in [0.4, 0.5) is 0 Å². The molecule has 6 heteroatoms. The minimum absolute atomic E-state index is 0. The van der Waals surface area contributed by atoms with Crippen LogP contribution in [-0.2, 0) is 28.5 Å². The Hall–Kier alpha value is -1.66. The fourth-order valence-corrected chi connectivity index (χ4v) is 0.955. The maximum Gasteiger partial charge on any atom is 0.333 e. The molecule has 0 aliphatic heterocycles. The van der Waals surface area contributed by atoms with Crippen LogP contribution in [0, 0.1) is 0 Å². The molecule has 0 amide bonds. The van der Waals surface area contributed by atoms with Crippen molar-refractivity contribution >= 4 is 11.9 Å². The second kappa shape index (κ2) is 18.4. The quantitative estimate of drug-likeness (QED) is 0.328. The van der Waals surface area contributed by atoms with Gasteiger partial charge < -0.3 is 18.9 Å². The molecular weight excluding hydrogens is 300 g/mol. The third-order valence-electron chi connectivity index (χ3n) is 1.99. The van der Waals surface area contributed by atoms with E-state index in [1.807, 2.05) is 0 Å². The van der Waals surface area contributed by atoms with Crippen molar-refractivity contribution in [1.29, 1.82) is 0 Å². The Balaban J connectivity index is -0.000000602. The fourth-order valence-electron chi connectivity index (χ4n) is 0.955. The van der Waals surface area contributed by atoms with E-state index >= 15 is 0 Å². The largest absolute Gasteiger partial charge is 0.460 e. The average Bonchev–Trinajstić information content (AvgIpc) is 2.39. The summed E-state index contributed by atoms with van der Waals surface area (Å²) in [4.78, 5) is 22.0. The van der Waals surface area contributed by atoms with Crippen molar-refractivity contribution in [3.05, 3.63) is 24.3 Å². The third kappa shape index (κ3) is 18.3. The molecule has 0 N–H and O–H groups in total. The van der Waals surface area contributed by atoms with Crippen LogP contribution in [0.2, 0.25) is 0 Å². The molecule has 0 rings (SSSR count). The van der Waals surface area contributed by atoms with Crippen molar-refractivity contribution < 1.29 is 28.5 Å². The molecule has 0 fully saturated rings. The molecule has 138 valence electrons. The predicted molar refractivity (Wildman–Crippen MR) is 93.4 cm³/mol. The summed E-state index contributed by atoms with van der Waals surface area (Å²) in [7, 11) is 0. The Labute approximate surface area is 141 Å². The molecule has 0 spiro atoms. The van der Waals surface area contributed by atoms with Gasteiger partial charge in [0.1, 0.15) is 13.2 Å². The molecule has 0 heterocycles. The van der Waals surface area contributed by atoms with Gasteiger partial charge in [-0.15, -0.1) is 0 Å². The molecule has 0 saturated carbocycles. The van der Waals surface area contributed by atoms with E-state index in [0.717, 1.165) is 0 Å². The van der Waals surface area contributed by atoms with Crippen LogP contribution in [0.15, 0.2) is 24.3 Å². The molecule has 6 nitrogen and oxygen atoms in total. The lowest BCUT2D eigenvalue weighted by atomic mass is 10.4. The molecule has 0 unspecified atom stereocenters. The summed E-state index contributed by atoms with van der Waals surface area (Å²) >= 11 is 0. The summed E-state index contributed by atoms with van der Waals surface area (Å²) in [6.07, 6.45) is 0. The molecule has 0 bridgehead atoms. The van der Waals surface area contributed by atoms with Gasteiger partial charge in [-0.1, -0.05) is 35.4 Å². The van der Waals surface area contributed by atoms with Gasteiger partial charge in [-0.2, -0.15) is 0 Å². The number of esters is 2. The lowest BCUT2D eigenvalue weighted by Gasteiger charge is -2.07. The first-order valence-electron chi connectivity index (χ1n) is 6.26. The molecule has 23 heavy (non-hydrogen) atoms. The van der Waals surface area contributed by atoms with Gasteiger partial charge in [0.15, 0.2) is 0 Å². The van der Waals surface area contributed by atoms with E-state index in [9.17, 15) is 9.59 Å². The van der Waals surface area contributed by atoms with Crippen LogP contribution in [-0.4, -0.2) is 51.6 Å². The maximum atomic E-state index is 11.0. The van der Waals surface area contributed by atoms with E-state index < -0.39 is 11.9 Å². The standard InChI is InChI=1S/C14H22O6.3CH4/c1-11(2)13(15)19-9-7-17-5-6-18-8-10-20-14(16)12(3)4;;;/h1,3,5-10H2,2,4H3;3*1H4. The van der Waals surface area contributed by atoms with Gasteiger partial charge in [0.25, 0.3) is 0 Å². The summed E-state index contributed by atoms with van der Waals surface area (Å²) in [6.45, 7) is 11.8. The number of hydrogen-bond acceptors (Lipinski definition) is 6. The highest BCUT2D eigenvalue weighted by Crippen LogP contribution is 1.92. The van der Waals surface area contributed by atoms with E-state index in [0.29, 0.717) is 37.6 Å². The Morgan fingerprint density at radius 3 is 1.17 bits per heavy atom. The van der Waals surface area contributed by atoms with Crippen LogP contribution in [0.25, 0.3) is 0 Å².